The van der Waals surface area contributed by atoms with Crippen LogP contribution in [-0.4, -0.2) is 37.6 Å². The Hall–Kier alpha value is -0.0800. The molecule has 0 aromatic rings. The second kappa shape index (κ2) is 6.41. The lowest BCUT2D eigenvalue weighted by atomic mass is 9.78. The molecule has 2 nitrogen and oxygen atoms in total. The van der Waals surface area contributed by atoms with E-state index in [9.17, 15) is 0 Å². The van der Waals surface area contributed by atoms with E-state index in [0.29, 0.717) is 0 Å². The first-order valence-corrected chi connectivity index (χ1v) is 6.22. The van der Waals surface area contributed by atoms with Crippen molar-refractivity contribution in [2.75, 3.05) is 26.7 Å². The van der Waals surface area contributed by atoms with Crippen LogP contribution in [0.25, 0.3) is 0 Å². The van der Waals surface area contributed by atoms with Gasteiger partial charge in [-0.1, -0.05) is 20.3 Å². The Kier molecular flexibility index (Phi) is 5.49. The monoisotopic (exact) mass is 198 g/mol. The molecule has 84 valence electrons. The molecule has 1 aliphatic rings. The van der Waals surface area contributed by atoms with Gasteiger partial charge in [0.2, 0.25) is 0 Å². The molecule has 0 radical (unpaired) electrons. The predicted octanol–water partition coefficient (Wildman–Crippen LogP) is 2.11. The summed E-state index contributed by atoms with van der Waals surface area (Å²) >= 11 is 0. The van der Waals surface area contributed by atoms with Crippen LogP contribution in [-0.2, 0) is 0 Å². The van der Waals surface area contributed by atoms with E-state index >= 15 is 0 Å². The number of rotatable bonds is 7. The van der Waals surface area contributed by atoms with Gasteiger partial charge in [0.15, 0.2) is 0 Å². The van der Waals surface area contributed by atoms with Crippen LogP contribution in [0.1, 0.15) is 39.5 Å². The molecule has 2 unspecified atom stereocenters. The van der Waals surface area contributed by atoms with Crippen LogP contribution in [0.3, 0.4) is 0 Å². The Bertz CT molecular complexity index is 145. The fraction of sp³-hybridized carbons (Fsp3) is 1.00. The quantitative estimate of drug-likeness (QED) is 0.674. The molecule has 0 saturated heterocycles. The zero-order valence-corrected chi connectivity index (χ0v) is 10.1. The van der Waals surface area contributed by atoms with Gasteiger partial charge in [-0.3, -0.25) is 0 Å². The minimum atomic E-state index is 0.874. The molecule has 2 atom stereocenters. The Morgan fingerprint density at radius 1 is 1.29 bits per heavy atom. The van der Waals surface area contributed by atoms with E-state index in [1.165, 1.54) is 45.3 Å². The number of hydrogen-bond acceptors (Lipinski definition) is 2. The van der Waals surface area contributed by atoms with Crippen LogP contribution < -0.4 is 5.32 Å². The molecular weight excluding hydrogens is 172 g/mol. The van der Waals surface area contributed by atoms with Crippen LogP contribution in [0.4, 0.5) is 0 Å². The zero-order chi connectivity index (χ0) is 10.4. The minimum absolute atomic E-state index is 0.874. The van der Waals surface area contributed by atoms with Crippen LogP contribution in [0, 0.1) is 5.92 Å². The fourth-order valence-corrected chi connectivity index (χ4v) is 2.45. The van der Waals surface area contributed by atoms with E-state index < -0.39 is 0 Å². The van der Waals surface area contributed by atoms with Gasteiger partial charge in [0.1, 0.15) is 0 Å². The maximum Gasteiger partial charge on any atom is 0.0136 e. The smallest absolute Gasteiger partial charge is 0.0136 e. The zero-order valence-electron chi connectivity index (χ0n) is 10.1. The Morgan fingerprint density at radius 2 is 2.07 bits per heavy atom. The molecular formula is C12H26N2. The van der Waals surface area contributed by atoms with Crippen molar-refractivity contribution in [1.29, 1.82) is 0 Å². The highest BCUT2D eigenvalue weighted by molar-refractivity contribution is 4.89. The maximum absolute atomic E-state index is 3.31. The van der Waals surface area contributed by atoms with Crippen molar-refractivity contribution in [1.82, 2.24) is 10.2 Å². The van der Waals surface area contributed by atoms with Gasteiger partial charge in [0.25, 0.3) is 0 Å². The molecule has 1 N–H and O–H groups in total. The summed E-state index contributed by atoms with van der Waals surface area (Å²) in [6.07, 6.45) is 5.52. The molecule has 1 rings (SSSR count). The van der Waals surface area contributed by atoms with E-state index in [1.54, 1.807) is 0 Å². The van der Waals surface area contributed by atoms with E-state index in [2.05, 4.69) is 31.1 Å². The molecule has 0 spiro atoms. The molecule has 0 aromatic carbocycles. The first kappa shape index (κ1) is 12.0. The van der Waals surface area contributed by atoms with Crippen LogP contribution in [0.2, 0.25) is 0 Å². The van der Waals surface area contributed by atoms with Crippen molar-refractivity contribution < 1.29 is 0 Å². The number of nitrogens with zero attached hydrogens (tertiary/aromatic N) is 1. The van der Waals surface area contributed by atoms with Crippen molar-refractivity contribution in [3.63, 3.8) is 0 Å². The van der Waals surface area contributed by atoms with Gasteiger partial charge in [-0.2, -0.15) is 0 Å². The molecule has 0 aliphatic heterocycles. The van der Waals surface area contributed by atoms with Crippen molar-refractivity contribution >= 4 is 0 Å². The van der Waals surface area contributed by atoms with Crippen molar-refractivity contribution in [3.05, 3.63) is 0 Å². The molecule has 0 aromatic heterocycles. The van der Waals surface area contributed by atoms with Gasteiger partial charge in [0, 0.05) is 6.04 Å². The van der Waals surface area contributed by atoms with E-state index in [4.69, 9.17) is 0 Å². The highest BCUT2D eigenvalue weighted by atomic mass is 15.2. The highest BCUT2D eigenvalue weighted by Gasteiger charge is 2.33. The molecule has 14 heavy (non-hydrogen) atoms. The first-order valence-electron chi connectivity index (χ1n) is 6.22. The lowest BCUT2D eigenvalue weighted by Crippen LogP contribution is -2.50. The average Bonchev–Trinajstić information content (AvgIpc) is 2.18. The number of nitrogens with one attached hydrogen (secondary N) is 1. The maximum atomic E-state index is 3.31. The van der Waals surface area contributed by atoms with Crippen molar-refractivity contribution in [2.45, 2.75) is 45.6 Å². The molecule has 1 saturated carbocycles. The molecule has 1 fully saturated rings. The van der Waals surface area contributed by atoms with Crippen LogP contribution in [0.15, 0.2) is 0 Å². The SMILES string of the molecule is CCCCN(CC)C1CCC1CNC. The summed E-state index contributed by atoms with van der Waals surface area (Å²) in [5.74, 6) is 0.914. The van der Waals surface area contributed by atoms with Gasteiger partial charge in [-0.15, -0.1) is 0 Å². The van der Waals surface area contributed by atoms with Crippen molar-refractivity contribution in [3.8, 4) is 0 Å². The van der Waals surface area contributed by atoms with Gasteiger partial charge in [-0.05, 0) is 51.9 Å². The Labute approximate surface area is 89.1 Å². The third-order valence-electron chi connectivity index (χ3n) is 3.52. The van der Waals surface area contributed by atoms with E-state index in [0.717, 1.165) is 12.0 Å². The van der Waals surface area contributed by atoms with E-state index in [-0.39, 0.29) is 0 Å². The van der Waals surface area contributed by atoms with Gasteiger partial charge in [0.05, 0.1) is 0 Å². The van der Waals surface area contributed by atoms with Gasteiger partial charge >= 0.3 is 0 Å². The predicted molar refractivity (Wildman–Crippen MR) is 62.6 cm³/mol. The third-order valence-corrected chi connectivity index (χ3v) is 3.52. The molecule has 0 amide bonds. The lowest BCUT2D eigenvalue weighted by Gasteiger charge is -2.44. The average molecular weight is 198 g/mol. The van der Waals surface area contributed by atoms with E-state index in [1.807, 2.05) is 0 Å². The minimum Gasteiger partial charge on any atom is -0.319 e. The Morgan fingerprint density at radius 3 is 2.50 bits per heavy atom. The first-order chi connectivity index (χ1) is 6.83. The van der Waals surface area contributed by atoms with Crippen LogP contribution >= 0.6 is 0 Å². The summed E-state index contributed by atoms with van der Waals surface area (Å²) in [5.41, 5.74) is 0. The standard InChI is InChI=1S/C12H26N2/c1-4-6-9-14(5-2)12-8-7-11(12)10-13-3/h11-13H,4-10H2,1-3H3. The largest absolute Gasteiger partial charge is 0.319 e. The van der Waals surface area contributed by atoms with Crippen LogP contribution in [0.5, 0.6) is 0 Å². The second-order valence-corrected chi connectivity index (χ2v) is 4.44. The summed E-state index contributed by atoms with van der Waals surface area (Å²) in [6.45, 7) is 8.31. The topological polar surface area (TPSA) is 15.3 Å². The third kappa shape index (κ3) is 2.96. The van der Waals surface area contributed by atoms with Gasteiger partial charge < -0.3 is 10.2 Å². The number of hydrogen-bond donors (Lipinski definition) is 1. The molecule has 1 aliphatic carbocycles. The Balaban J connectivity index is 2.28. The highest BCUT2D eigenvalue weighted by Crippen LogP contribution is 2.31. The molecule has 0 bridgehead atoms. The summed E-state index contributed by atoms with van der Waals surface area (Å²) in [5, 5.41) is 3.31. The molecule has 2 heteroatoms. The van der Waals surface area contributed by atoms with Crippen molar-refractivity contribution in [2.24, 2.45) is 5.92 Å². The molecule has 0 heterocycles. The second-order valence-electron chi connectivity index (χ2n) is 4.44. The lowest BCUT2D eigenvalue weighted by molar-refractivity contribution is 0.0660. The fourth-order valence-electron chi connectivity index (χ4n) is 2.45. The summed E-state index contributed by atoms with van der Waals surface area (Å²) in [6, 6.07) is 0.874. The van der Waals surface area contributed by atoms with Gasteiger partial charge in [-0.25, -0.2) is 0 Å². The number of unbranched alkanes of at least 4 members (excludes halogenated alkanes) is 1. The normalized spacial score (nSPS) is 26.6. The summed E-state index contributed by atoms with van der Waals surface area (Å²) in [7, 11) is 2.07. The summed E-state index contributed by atoms with van der Waals surface area (Å²) in [4.78, 5) is 2.68. The summed E-state index contributed by atoms with van der Waals surface area (Å²) < 4.78 is 0.